The number of nitrogens with one attached hydrogen (secondary N) is 2. The number of benzene rings is 1. The second kappa shape index (κ2) is 10.4. The molecule has 0 aliphatic carbocycles. The number of pyridine rings is 1. The average molecular weight is 454 g/mol. The van der Waals surface area contributed by atoms with Gasteiger partial charge in [-0.1, -0.05) is 18.2 Å². The highest BCUT2D eigenvalue weighted by molar-refractivity contribution is 6.00. The van der Waals surface area contributed by atoms with E-state index in [1.165, 1.54) is 18.2 Å². The number of hydrogen-bond acceptors (Lipinski definition) is 4. The molecule has 2 N–H and O–H groups in total. The number of piperidine rings is 1. The fourth-order valence-corrected chi connectivity index (χ4v) is 3.62. The Morgan fingerprint density at radius 1 is 1.24 bits per heavy atom. The van der Waals surface area contributed by atoms with Gasteiger partial charge in [-0.15, -0.1) is 24.8 Å². The zero-order valence-corrected chi connectivity index (χ0v) is 17.5. The van der Waals surface area contributed by atoms with Gasteiger partial charge in [-0.05, 0) is 32.0 Å². The van der Waals surface area contributed by atoms with Crippen LogP contribution in [0, 0.1) is 5.41 Å². The lowest BCUT2D eigenvalue weighted by Crippen LogP contribution is -2.47. The van der Waals surface area contributed by atoms with Gasteiger partial charge in [0.2, 0.25) is 0 Å². The summed E-state index contributed by atoms with van der Waals surface area (Å²) in [5.41, 5.74) is -1.48. The molecule has 0 radical (unpaired) electrons. The van der Waals surface area contributed by atoms with Crippen LogP contribution >= 0.6 is 24.8 Å². The van der Waals surface area contributed by atoms with Crippen LogP contribution in [0.25, 0.3) is 10.9 Å². The van der Waals surface area contributed by atoms with E-state index in [0.29, 0.717) is 6.61 Å². The molecule has 0 unspecified atom stereocenters. The molecular formula is C19H24Cl2F3N3O2. The number of rotatable bonds is 5. The van der Waals surface area contributed by atoms with E-state index in [0.717, 1.165) is 32.1 Å². The lowest BCUT2D eigenvalue weighted by Gasteiger charge is -2.37. The molecule has 1 amide bonds. The second-order valence-electron chi connectivity index (χ2n) is 6.93. The number of methoxy groups -OCH3 is 1. The van der Waals surface area contributed by atoms with Crippen LogP contribution in [0.5, 0.6) is 0 Å². The molecular weight excluding hydrogens is 430 g/mol. The smallest absolute Gasteiger partial charge is 0.384 e. The Hall–Kier alpha value is -1.61. The van der Waals surface area contributed by atoms with Crippen LogP contribution in [0.3, 0.4) is 0 Å². The van der Waals surface area contributed by atoms with Crippen LogP contribution < -0.4 is 10.6 Å². The number of amides is 1. The zero-order valence-electron chi connectivity index (χ0n) is 15.8. The standard InChI is InChI=1S/C19H22F3N3O2.2ClH/c1-27-12-18(6-8-23-9-7-18)11-25-17(26)14-10-24-15-5-3-2-4-13(15)16(14)19(20,21)22;;/h2-5,10,23H,6-9,11-12H2,1H3,(H,25,26);2*1H. The Bertz CT molecular complexity index is 822. The Morgan fingerprint density at radius 2 is 1.90 bits per heavy atom. The van der Waals surface area contributed by atoms with Crippen LogP contribution in [-0.4, -0.2) is 44.2 Å². The summed E-state index contributed by atoms with van der Waals surface area (Å²) in [4.78, 5) is 16.7. The number of para-hydroxylation sites is 1. The van der Waals surface area contributed by atoms with Crippen LogP contribution in [0.2, 0.25) is 0 Å². The van der Waals surface area contributed by atoms with Gasteiger partial charge in [0.05, 0.1) is 23.3 Å². The molecule has 0 spiro atoms. The Balaban J connectivity index is 0.00000210. The number of carbonyl (C=O) groups excluding carboxylic acids is 1. The summed E-state index contributed by atoms with van der Waals surface area (Å²) >= 11 is 0. The number of ether oxygens (including phenoxy) is 1. The summed E-state index contributed by atoms with van der Waals surface area (Å²) in [7, 11) is 1.58. The largest absolute Gasteiger partial charge is 0.417 e. The third-order valence-electron chi connectivity index (χ3n) is 5.04. The van der Waals surface area contributed by atoms with Crippen LogP contribution in [0.15, 0.2) is 30.5 Å². The van der Waals surface area contributed by atoms with Gasteiger partial charge in [0.1, 0.15) is 0 Å². The van der Waals surface area contributed by atoms with E-state index in [9.17, 15) is 18.0 Å². The predicted molar refractivity (Wildman–Crippen MR) is 110 cm³/mol. The van der Waals surface area contributed by atoms with Crippen LogP contribution in [0.1, 0.15) is 28.8 Å². The summed E-state index contributed by atoms with van der Waals surface area (Å²) in [5, 5.41) is 5.85. The Labute approximate surface area is 179 Å². The van der Waals surface area contributed by atoms with Crippen molar-refractivity contribution in [2.24, 2.45) is 5.41 Å². The topological polar surface area (TPSA) is 63.2 Å². The first kappa shape index (κ1) is 25.4. The van der Waals surface area contributed by atoms with Crippen molar-refractivity contribution in [3.63, 3.8) is 0 Å². The van der Waals surface area contributed by atoms with Gasteiger partial charge in [0.15, 0.2) is 0 Å². The molecule has 3 rings (SSSR count). The maximum Gasteiger partial charge on any atom is 0.417 e. The number of carbonyl (C=O) groups is 1. The van der Waals surface area contributed by atoms with Crippen LogP contribution in [-0.2, 0) is 10.9 Å². The highest BCUT2D eigenvalue weighted by atomic mass is 35.5. The first-order valence-electron chi connectivity index (χ1n) is 8.79. The fraction of sp³-hybridized carbons (Fsp3) is 0.474. The van der Waals surface area contributed by atoms with Crippen molar-refractivity contribution in [1.82, 2.24) is 15.6 Å². The molecule has 0 saturated carbocycles. The quantitative estimate of drug-likeness (QED) is 0.721. The third-order valence-corrected chi connectivity index (χ3v) is 5.04. The van der Waals surface area contributed by atoms with E-state index < -0.39 is 23.2 Å². The van der Waals surface area contributed by atoms with E-state index in [2.05, 4.69) is 15.6 Å². The third kappa shape index (κ3) is 5.72. The number of alkyl halides is 3. The minimum absolute atomic E-state index is 0. The van der Waals surface area contributed by atoms with Crippen molar-refractivity contribution in [3.8, 4) is 0 Å². The minimum Gasteiger partial charge on any atom is -0.384 e. The molecule has 2 aromatic rings. The SMILES string of the molecule is COCC1(CNC(=O)c2cnc3ccccc3c2C(F)(F)F)CCNCC1.Cl.Cl. The molecule has 0 atom stereocenters. The average Bonchev–Trinajstić information content (AvgIpc) is 2.65. The number of hydrogen-bond donors (Lipinski definition) is 2. The highest BCUT2D eigenvalue weighted by Gasteiger charge is 2.38. The summed E-state index contributed by atoms with van der Waals surface area (Å²) in [6.07, 6.45) is -2.09. The van der Waals surface area contributed by atoms with Gasteiger partial charge in [0, 0.05) is 30.7 Å². The summed E-state index contributed by atoms with van der Waals surface area (Å²) in [6, 6.07) is 5.94. The van der Waals surface area contributed by atoms with E-state index >= 15 is 0 Å². The molecule has 29 heavy (non-hydrogen) atoms. The molecule has 1 aromatic carbocycles. The molecule has 1 aromatic heterocycles. The molecule has 1 fully saturated rings. The summed E-state index contributed by atoms with van der Waals surface area (Å²) in [6.45, 7) is 2.26. The normalized spacial score (nSPS) is 15.9. The molecule has 10 heteroatoms. The first-order valence-corrected chi connectivity index (χ1v) is 8.79. The fourth-order valence-electron chi connectivity index (χ4n) is 3.62. The van der Waals surface area contributed by atoms with Crippen molar-refractivity contribution < 1.29 is 22.7 Å². The number of fused-ring (bicyclic) bond motifs is 1. The van der Waals surface area contributed by atoms with Gasteiger partial charge in [0.25, 0.3) is 5.91 Å². The van der Waals surface area contributed by atoms with Gasteiger partial charge in [-0.2, -0.15) is 13.2 Å². The summed E-state index contributed by atoms with van der Waals surface area (Å²) in [5.74, 6) is -0.769. The predicted octanol–water partition coefficient (Wildman–Crippen LogP) is 3.84. The van der Waals surface area contributed by atoms with Gasteiger partial charge < -0.3 is 15.4 Å². The molecule has 1 saturated heterocycles. The number of halogens is 5. The van der Waals surface area contributed by atoms with Gasteiger partial charge in [-0.3, -0.25) is 9.78 Å². The van der Waals surface area contributed by atoms with Crippen molar-refractivity contribution in [3.05, 3.63) is 41.6 Å². The minimum atomic E-state index is -4.66. The first-order chi connectivity index (χ1) is 12.9. The van der Waals surface area contributed by atoms with Crippen LogP contribution in [0.4, 0.5) is 13.2 Å². The van der Waals surface area contributed by atoms with Crippen molar-refractivity contribution in [2.45, 2.75) is 19.0 Å². The molecule has 5 nitrogen and oxygen atoms in total. The summed E-state index contributed by atoms with van der Waals surface area (Å²) < 4.78 is 46.4. The monoisotopic (exact) mass is 453 g/mol. The van der Waals surface area contributed by atoms with E-state index in [1.54, 1.807) is 13.2 Å². The van der Waals surface area contributed by atoms with Crippen molar-refractivity contribution in [2.75, 3.05) is 33.4 Å². The Morgan fingerprint density at radius 3 is 2.52 bits per heavy atom. The molecule has 2 heterocycles. The molecule has 0 bridgehead atoms. The maximum absolute atomic E-state index is 13.7. The molecule has 1 aliphatic rings. The van der Waals surface area contributed by atoms with E-state index in [1.807, 2.05) is 0 Å². The Kier molecular flexibility index (Phi) is 9.14. The molecule has 162 valence electrons. The van der Waals surface area contributed by atoms with E-state index in [4.69, 9.17) is 4.74 Å². The zero-order chi connectivity index (χ0) is 19.5. The van der Waals surface area contributed by atoms with Crippen molar-refractivity contribution in [1.29, 1.82) is 0 Å². The van der Waals surface area contributed by atoms with Gasteiger partial charge in [-0.25, -0.2) is 0 Å². The lowest BCUT2D eigenvalue weighted by molar-refractivity contribution is -0.136. The number of nitrogens with zero attached hydrogens (tertiary/aromatic N) is 1. The molecule has 1 aliphatic heterocycles. The van der Waals surface area contributed by atoms with Crippen molar-refractivity contribution >= 4 is 41.6 Å². The second-order valence-corrected chi connectivity index (χ2v) is 6.93. The lowest BCUT2D eigenvalue weighted by atomic mass is 9.79. The van der Waals surface area contributed by atoms with E-state index in [-0.39, 0.29) is 47.7 Å². The maximum atomic E-state index is 13.7. The van der Waals surface area contributed by atoms with Gasteiger partial charge >= 0.3 is 6.18 Å². The highest BCUT2D eigenvalue weighted by Crippen LogP contribution is 2.37. The number of aromatic nitrogens is 1.